The van der Waals surface area contributed by atoms with Gasteiger partial charge < -0.3 is 9.47 Å². The second kappa shape index (κ2) is 5.32. The third-order valence-corrected chi connectivity index (χ3v) is 3.02. The van der Waals surface area contributed by atoms with E-state index in [2.05, 4.69) is 34.1 Å². The first-order chi connectivity index (χ1) is 7.86. The Kier molecular flexibility index (Phi) is 3.80. The maximum Gasteiger partial charge on any atom is 0.188 e. The summed E-state index contributed by atoms with van der Waals surface area (Å²) in [6.45, 7) is 0.276. The van der Waals surface area contributed by atoms with Crippen LogP contribution < -0.4 is 4.74 Å². The number of hydrogen-bond donors (Lipinski definition) is 0. The molecule has 0 bridgehead atoms. The smallest absolute Gasteiger partial charge is 0.188 e. The quantitative estimate of drug-likeness (QED) is 0.628. The van der Waals surface area contributed by atoms with Crippen molar-refractivity contribution in [2.75, 3.05) is 13.9 Å². The molecule has 2 nitrogen and oxygen atoms in total. The lowest BCUT2D eigenvalue weighted by atomic mass is 10.0. The zero-order valence-corrected chi connectivity index (χ0v) is 10.7. The van der Waals surface area contributed by atoms with E-state index >= 15 is 0 Å². The zero-order chi connectivity index (χ0) is 11.4. The van der Waals surface area contributed by atoms with Crippen LogP contribution in [0.2, 0.25) is 0 Å². The Balaban J connectivity index is 2.50. The summed E-state index contributed by atoms with van der Waals surface area (Å²) in [7, 11) is 1.62. The van der Waals surface area contributed by atoms with Gasteiger partial charge in [0.05, 0.1) is 0 Å². The highest BCUT2D eigenvalue weighted by Crippen LogP contribution is 2.29. The van der Waals surface area contributed by atoms with E-state index in [4.69, 9.17) is 9.47 Å². The summed E-state index contributed by atoms with van der Waals surface area (Å²) in [6, 6.07) is 12.3. The van der Waals surface area contributed by atoms with Gasteiger partial charge in [-0.25, -0.2) is 0 Å². The van der Waals surface area contributed by atoms with E-state index in [0.29, 0.717) is 0 Å². The summed E-state index contributed by atoms with van der Waals surface area (Å²) in [5.41, 5.74) is 1.16. The first-order valence-corrected chi connectivity index (χ1v) is 6.17. The van der Waals surface area contributed by atoms with Crippen molar-refractivity contribution in [2.45, 2.75) is 5.33 Å². The van der Waals surface area contributed by atoms with Crippen LogP contribution in [0.3, 0.4) is 0 Å². The molecule has 3 heteroatoms. The molecule has 0 aliphatic heterocycles. The van der Waals surface area contributed by atoms with Crippen molar-refractivity contribution in [1.82, 2.24) is 0 Å². The molecule has 2 aromatic rings. The lowest BCUT2D eigenvalue weighted by Crippen LogP contribution is -2.01. The van der Waals surface area contributed by atoms with Crippen LogP contribution in [0.5, 0.6) is 5.75 Å². The van der Waals surface area contributed by atoms with E-state index in [1.807, 2.05) is 18.2 Å². The molecule has 0 aromatic heterocycles. The van der Waals surface area contributed by atoms with Gasteiger partial charge >= 0.3 is 0 Å². The first kappa shape index (κ1) is 11.4. The van der Waals surface area contributed by atoms with Crippen molar-refractivity contribution in [1.29, 1.82) is 0 Å². The fourth-order valence-corrected chi connectivity index (χ4v) is 2.29. The second-order valence-electron chi connectivity index (χ2n) is 3.45. The molecule has 0 spiro atoms. The van der Waals surface area contributed by atoms with Crippen molar-refractivity contribution in [3.05, 3.63) is 42.0 Å². The molecule has 0 saturated carbocycles. The minimum absolute atomic E-state index is 0.276. The van der Waals surface area contributed by atoms with Gasteiger partial charge in [-0.15, -0.1) is 0 Å². The minimum Gasteiger partial charge on any atom is -0.467 e. The molecule has 0 radical (unpaired) electrons. The Bertz CT molecular complexity index is 482. The molecular weight excluding hydrogens is 268 g/mol. The predicted octanol–water partition coefficient (Wildman–Crippen LogP) is 3.72. The second-order valence-corrected chi connectivity index (χ2v) is 4.01. The summed E-state index contributed by atoms with van der Waals surface area (Å²) >= 11 is 3.50. The molecule has 0 heterocycles. The molecule has 0 atom stereocenters. The van der Waals surface area contributed by atoms with Gasteiger partial charge in [0.25, 0.3) is 0 Å². The van der Waals surface area contributed by atoms with Crippen molar-refractivity contribution in [3.63, 3.8) is 0 Å². The normalized spacial score (nSPS) is 10.6. The van der Waals surface area contributed by atoms with Crippen LogP contribution in [-0.2, 0) is 10.1 Å². The van der Waals surface area contributed by atoms with Crippen molar-refractivity contribution < 1.29 is 9.47 Å². The molecule has 0 fully saturated rings. The maximum absolute atomic E-state index is 5.53. The first-order valence-electron chi connectivity index (χ1n) is 5.05. The van der Waals surface area contributed by atoms with Crippen LogP contribution in [-0.4, -0.2) is 13.9 Å². The van der Waals surface area contributed by atoms with Crippen molar-refractivity contribution in [2.24, 2.45) is 0 Å². The largest absolute Gasteiger partial charge is 0.467 e. The van der Waals surface area contributed by atoms with E-state index in [1.54, 1.807) is 7.11 Å². The van der Waals surface area contributed by atoms with Crippen LogP contribution >= 0.6 is 15.9 Å². The zero-order valence-electron chi connectivity index (χ0n) is 9.07. The third-order valence-electron chi connectivity index (χ3n) is 2.46. The third kappa shape index (κ3) is 2.20. The monoisotopic (exact) mass is 280 g/mol. The number of methoxy groups -OCH3 is 1. The molecule has 0 amide bonds. The van der Waals surface area contributed by atoms with E-state index in [1.165, 1.54) is 10.8 Å². The van der Waals surface area contributed by atoms with Gasteiger partial charge in [-0.1, -0.05) is 46.3 Å². The van der Waals surface area contributed by atoms with Gasteiger partial charge in [0.2, 0.25) is 0 Å². The van der Waals surface area contributed by atoms with Gasteiger partial charge in [-0.05, 0) is 16.8 Å². The fraction of sp³-hybridized carbons (Fsp3) is 0.231. The number of benzene rings is 2. The molecule has 0 unspecified atom stereocenters. The number of rotatable bonds is 4. The van der Waals surface area contributed by atoms with E-state index in [0.717, 1.165) is 16.6 Å². The maximum atomic E-state index is 5.53. The van der Waals surface area contributed by atoms with Crippen molar-refractivity contribution >= 4 is 26.7 Å². The SMILES string of the molecule is COCOc1ccc2ccccc2c1CBr. The summed E-state index contributed by atoms with van der Waals surface area (Å²) in [4.78, 5) is 0. The summed E-state index contributed by atoms with van der Waals surface area (Å²) in [5, 5.41) is 3.21. The number of ether oxygens (including phenoxy) is 2. The summed E-state index contributed by atoms with van der Waals surface area (Å²) in [5.74, 6) is 0.873. The van der Waals surface area contributed by atoms with Gasteiger partial charge in [-0.2, -0.15) is 0 Å². The van der Waals surface area contributed by atoms with Gasteiger partial charge in [0, 0.05) is 18.0 Å². The number of halogens is 1. The molecule has 0 aliphatic carbocycles. The van der Waals surface area contributed by atoms with Crippen LogP contribution in [0, 0.1) is 0 Å². The highest BCUT2D eigenvalue weighted by molar-refractivity contribution is 9.08. The summed E-state index contributed by atoms with van der Waals surface area (Å²) < 4.78 is 10.5. The standard InChI is InChI=1S/C13H13BrO2/c1-15-9-16-13-7-6-10-4-2-3-5-11(10)12(13)8-14/h2-7H,8-9H2,1H3. The van der Waals surface area contributed by atoms with E-state index in [9.17, 15) is 0 Å². The van der Waals surface area contributed by atoms with Crippen LogP contribution in [0.15, 0.2) is 36.4 Å². The average Bonchev–Trinajstić information content (AvgIpc) is 2.35. The Labute approximate surface area is 103 Å². The van der Waals surface area contributed by atoms with Gasteiger partial charge in [0.1, 0.15) is 5.75 Å². The topological polar surface area (TPSA) is 18.5 Å². The number of alkyl halides is 1. The van der Waals surface area contributed by atoms with E-state index in [-0.39, 0.29) is 6.79 Å². The van der Waals surface area contributed by atoms with E-state index < -0.39 is 0 Å². The van der Waals surface area contributed by atoms with Crippen molar-refractivity contribution in [3.8, 4) is 5.75 Å². The Morgan fingerprint density at radius 2 is 1.94 bits per heavy atom. The number of fused-ring (bicyclic) bond motifs is 1. The fourth-order valence-electron chi connectivity index (χ4n) is 1.71. The molecule has 2 aromatic carbocycles. The van der Waals surface area contributed by atoms with Gasteiger partial charge in [0.15, 0.2) is 6.79 Å². The average molecular weight is 281 g/mol. The molecule has 84 valence electrons. The van der Waals surface area contributed by atoms with Gasteiger partial charge in [-0.3, -0.25) is 0 Å². The Morgan fingerprint density at radius 3 is 2.69 bits per heavy atom. The molecule has 0 saturated heterocycles. The highest BCUT2D eigenvalue weighted by Gasteiger charge is 2.06. The van der Waals surface area contributed by atoms with Crippen LogP contribution in [0.1, 0.15) is 5.56 Å². The number of hydrogen-bond acceptors (Lipinski definition) is 2. The molecule has 2 rings (SSSR count). The summed E-state index contributed by atoms with van der Waals surface area (Å²) in [6.07, 6.45) is 0. The Morgan fingerprint density at radius 1 is 1.12 bits per heavy atom. The molecule has 0 N–H and O–H groups in total. The predicted molar refractivity (Wildman–Crippen MR) is 69.1 cm³/mol. The molecule has 0 aliphatic rings. The lowest BCUT2D eigenvalue weighted by molar-refractivity contribution is 0.0507. The minimum atomic E-state index is 0.276. The Hall–Kier alpha value is -1.06. The molecule has 16 heavy (non-hydrogen) atoms. The van der Waals surface area contributed by atoms with Crippen LogP contribution in [0.4, 0.5) is 0 Å². The molecular formula is C13H13BrO2. The van der Waals surface area contributed by atoms with Crippen LogP contribution in [0.25, 0.3) is 10.8 Å². The highest BCUT2D eigenvalue weighted by atomic mass is 79.9. The lowest BCUT2D eigenvalue weighted by Gasteiger charge is -2.11.